The summed E-state index contributed by atoms with van der Waals surface area (Å²) in [6.07, 6.45) is 5.15. The van der Waals surface area contributed by atoms with E-state index in [0.717, 1.165) is 36.7 Å². The Morgan fingerprint density at radius 2 is 1.87 bits per heavy atom. The molecule has 4 rings (SSSR count). The zero-order valence-corrected chi connectivity index (χ0v) is 24.6. The number of aromatic nitrogens is 5. The van der Waals surface area contributed by atoms with Crippen molar-refractivity contribution in [1.82, 2.24) is 35.4 Å². The summed E-state index contributed by atoms with van der Waals surface area (Å²) in [4.78, 5) is 38.8. The fraction of sp³-hybridized carbons (Fsp3) is 0.667. The van der Waals surface area contributed by atoms with Gasteiger partial charge >= 0.3 is 0 Å². The maximum Gasteiger partial charge on any atom is 0.267 e. The largest absolute Gasteiger partial charge is 0.345 e. The average molecular weight is 618 g/mol. The van der Waals surface area contributed by atoms with Crippen LogP contribution in [-0.2, 0) is 37.4 Å². The monoisotopic (exact) mass is 617 g/mol. The molecule has 3 amide bonds. The number of carbonyl (C=O) groups excluding carboxylic acids is 3. The maximum atomic E-state index is 13.1. The van der Waals surface area contributed by atoms with Crippen molar-refractivity contribution in [1.29, 1.82) is 0 Å². The predicted molar refractivity (Wildman–Crippen MR) is 149 cm³/mol. The highest BCUT2D eigenvalue weighted by Gasteiger charge is 2.41. The molecule has 39 heavy (non-hydrogen) atoms. The minimum Gasteiger partial charge on any atom is -0.345 e. The molecule has 2 fully saturated rings. The van der Waals surface area contributed by atoms with Crippen LogP contribution in [-0.4, -0.2) is 90.9 Å². The summed E-state index contributed by atoms with van der Waals surface area (Å²) in [7, 11) is -3.96. The van der Waals surface area contributed by atoms with Gasteiger partial charge in [-0.25, -0.2) is 13.6 Å². The third-order valence-electron chi connectivity index (χ3n) is 6.22. The van der Waals surface area contributed by atoms with E-state index in [1.807, 2.05) is 34.6 Å². The normalized spacial score (nSPS) is 19.6. The number of carbonyl (C=O) groups is 3. The lowest BCUT2D eigenvalue weighted by Crippen LogP contribution is -2.47. The van der Waals surface area contributed by atoms with E-state index in [2.05, 4.69) is 31.1 Å². The molecular weight excluding hydrogens is 587 g/mol. The Kier molecular flexibility index (Phi) is 10.2. The summed E-state index contributed by atoms with van der Waals surface area (Å²) < 4.78 is 23.9. The number of thioether (sulfide) groups is 2. The SMILES string of the molecule is CC(=O)N[C@@H](CCCCn1cc(CCCC(=O)Nc2nnc(S(N)(=O)=O)s2)nn1)C(=O)N1CC2SCS[C@@H]2C1. The smallest absolute Gasteiger partial charge is 0.267 e. The molecule has 18 heteroatoms. The lowest BCUT2D eigenvalue weighted by atomic mass is 10.1. The highest BCUT2D eigenvalue weighted by Crippen LogP contribution is 2.41. The summed E-state index contributed by atoms with van der Waals surface area (Å²) in [5.41, 5.74) is 0.747. The molecule has 14 nitrogen and oxygen atoms in total. The van der Waals surface area contributed by atoms with Gasteiger partial charge in [-0.1, -0.05) is 16.6 Å². The van der Waals surface area contributed by atoms with E-state index >= 15 is 0 Å². The van der Waals surface area contributed by atoms with E-state index < -0.39 is 16.1 Å². The number of likely N-dealkylation sites (tertiary alicyclic amines) is 1. The third-order valence-corrected chi connectivity index (χ3v) is 11.4. The maximum absolute atomic E-state index is 13.1. The molecule has 0 spiro atoms. The molecule has 0 aromatic carbocycles. The minimum atomic E-state index is -3.96. The second-order valence-corrected chi connectivity index (χ2v) is 14.8. The Morgan fingerprint density at radius 3 is 2.54 bits per heavy atom. The first-order valence-corrected chi connectivity index (χ1v) is 16.9. The fourth-order valence-electron chi connectivity index (χ4n) is 4.35. The Bertz CT molecular complexity index is 1270. The van der Waals surface area contributed by atoms with Crippen molar-refractivity contribution in [3.05, 3.63) is 11.9 Å². The molecule has 4 N–H and O–H groups in total. The molecule has 2 saturated heterocycles. The van der Waals surface area contributed by atoms with Crippen LogP contribution in [0.1, 0.15) is 44.7 Å². The quantitative estimate of drug-likeness (QED) is 0.208. The summed E-state index contributed by atoms with van der Waals surface area (Å²) >= 11 is 4.51. The topological polar surface area (TPSA) is 195 Å². The van der Waals surface area contributed by atoms with Gasteiger partial charge in [0.25, 0.3) is 10.0 Å². The van der Waals surface area contributed by atoms with Crippen molar-refractivity contribution in [2.24, 2.45) is 5.14 Å². The number of primary sulfonamides is 1. The van der Waals surface area contributed by atoms with Crippen LogP contribution < -0.4 is 15.8 Å². The van der Waals surface area contributed by atoms with Crippen molar-refractivity contribution in [2.75, 3.05) is 23.5 Å². The fourth-order valence-corrected chi connectivity index (χ4v) is 9.06. The Labute approximate surface area is 238 Å². The number of rotatable bonds is 13. The van der Waals surface area contributed by atoms with Crippen molar-refractivity contribution in [2.45, 2.75) is 72.9 Å². The number of hydrogen-bond acceptors (Lipinski definition) is 12. The van der Waals surface area contributed by atoms with Gasteiger partial charge in [0.15, 0.2) is 0 Å². The van der Waals surface area contributed by atoms with Crippen LogP contribution in [0.3, 0.4) is 0 Å². The number of nitrogens with one attached hydrogen (secondary N) is 2. The van der Waals surface area contributed by atoms with Crippen LogP contribution in [0.2, 0.25) is 0 Å². The molecule has 214 valence electrons. The van der Waals surface area contributed by atoms with E-state index in [0.29, 0.717) is 47.6 Å². The second-order valence-electron chi connectivity index (χ2n) is 9.31. The number of hydrogen-bond donors (Lipinski definition) is 3. The van der Waals surface area contributed by atoms with Crippen molar-refractivity contribution >= 4 is 67.7 Å². The van der Waals surface area contributed by atoms with Crippen molar-refractivity contribution < 1.29 is 22.8 Å². The summed E-state index contributed by atoms with van der Waals surface area (Å²) in [5.74, 6) is -0.524. The van der Waals surface area contributed by atoms with Gasteiger partial charge in [-0.3, -0.25) is 19.1 Å². The Balaban J connectivity index is 1.15. The van der Waals surface area contributed by atoms with Crippen molar-refractivity contribution in [3.8, 4) is 0 Å². The molecule has 2 aliphatic rings. The first-order valence-electron chi connectivity index (χ1n) is 12.4. The first-order chi connectivity index (χ1) is 18.6. The number of nitrogens with zero attached hydrogens (tertiary/aromatic N) is 6. The number of aryl methyl sites for hydroxylation is 2. The van der Waals surface area contributed by atoms with Gasteiger partial charge in [-0.05, 0) is 32.1 Å². The van der Waals surface area contributed by atoms with E-state index in [4.69, 9.17) is 5.14 Å². The van der Waals surface area contributed by atoms with Gasteiger partial charge in [0, 0.05) is 54.8 Å². The van der Waals surface area contributed by atoms with Crippen LogP contribution in [0.4, 0.5) is 5.13 Å². The lowest BCUT2D eigenvalue weighted by Gasteiger charge is -2.24. The molecular formula is C21H31N9O5S4. The number of amides is 3. The van der Waals surface area contributed by atoms with Gasteiger partial charge in [-0.15, -0.1) is 38.8 Å². The lowest BCUT2D eigenvalue weighted by molar-refractivity contribution is -0.135. The van der Waals surface area contributed by atoms with Crippen molar-refractivity contribution in [3.63, 3.8) is 0 Å². The van der Waals surface area contributed by atoms with Gasteiger partial charge < -0.3 is 15.5 Å². The molecule has 0 aliphatic carbocycles. The highest BCUT2D eigenvalue weighted by molar-refractivity contribution is 8.19. The number of nitrogens with two attached hydrogens (primary N) is 1. The number of unbranched alkanes of at least 4 members (excludes halogenated alkanes) is 1. The predicted octanol–water partition coefficient (Wildman–Crippen LogP) is 0.430. The number of anilines is 1. The minimum absolute atomic E-state index is 0.00357. The first kappa shape index (κ1) is 29.7. The van der Waals surface area contributed by atoms with E-state index in [1.54, 1.807) is 4.68 Å². The molecule has 2 aliphatic heterocycles. The molecule has 4 heterocycles. The number of fused-ring (bicyclic) bond motifs is 1. The van der Waals surface area contributed by atoms with Gasteiger partial charge in [0.1, 0.15) is 6.04 Å². The Morgan fingerprint density at radius 1 is 1.13 bits per heavy atom. The zero-order valence-electron chi connectivity index (χ0n) is 21.3. The molecule has 0 radical (unpaired) electrons. The summed E-state index contributed by atoms with van der Waals surface area (Å²) in [6.45, 7) is 3.56. The standard InChI is InChI=1S/C21H31N9O5S4/c1-13(31)23-15(19(33)29-10-16-17(11-29)37-12-36-16)6-2-3-8-30-9-14(25-28-30)5-4-7-18(32)24-20-26-27-21(38-20)39(22,34)35/h9,15-17H,2-8,10-12H2,1H3,(H,23,31)(H2,22,34,35)(H,24,26,32)/t15-,16+,17?/m0/s1. The molecule has 2 aromatic heterocycles. The van der Waals surface area contributed by atoms with E-state index in [-0.39, 0.29) is 33.6 Å². The molecule has 0 bridgehead atoms. The number of sulfonamides is 1. The van der Waals surface area contributed by atoms with Crippen LogP contribution in [0.25, 0.3) is 0 Å². The summed E-state index contributed by atoms with van der Waals surface area (Å²) in [5, 5.41) is 27.8. The average Bonchev–Trinajstić information content (AvgIpc) is 3.64. The third kappa shape index (κ3) is 8.60. The molecule has 0 saturated carbocycles. The van der Waals surface area contributed by atoms with E-state index in [9.17, 15) is 22.8 Å². The second kappa shape index (κ2) is 13.4. The molecule has 3 atom stereocenters. The zero-order chi connectivity index (χ0) is 28.0. The highest BCUT2D eigenvalue weighted by atomic mass is 32.2. The van der Waals surface area contributed by atoms with Crippen LogP contribution in [0.15, 0.2) is 10.5 Å². The van der Waals surface area contributed by atoms with Crippen LogP contribution >= 0.6 is 34.9 Å². The van der Waals surface area contributed by atoms with E-state index in [1.165, 1.54) is 6.92 Å². The van der Waals surface area contributed by atoms with Gasteiger partial charge in [0.2, 0.25) is 27.2 Å². The Hall–Kier alpha value is -2.28. The van der Waals surface area contributed by atoms with Gasteiger partial charge in [0.05, 0.1) is 5.69 Å². The van der Waals surface area contributed by atoms with Gasteiger partial charge in [-0.2, -0.15) is 0 Å². The summed E-state index contributed by atoms with van der Waals surface area (Å²) in [6, 6.07) is -0.514. The molecule has 1 unspecified atom stereocenters. The van der Waals surface area contributed by atoms with Crippen LogP contribution in [0.5, 0.6) is 0 Å². The van der Waals surface area contributed by atoms with Crippen LogP contribution in [0, 0.1) is 0 Å². The molecule has 2 aromatic rings.